The van der Waals surface area contributed by atoms with Crippen LogP contribution in [0.4, 0.5) is 5.82 Å². The molecular formula is C14H16N4O2. The Kier molecular flexibility index (Phi) is 4.14. The Bertz CT molecular complexity index is 685. The van der Waals surface area contributed by atoms with Crippen molar-refractivity contribution in [1.82, 2.24) is 9.55 Å². The summed E-state index contributed by atoms with van der Waals surface area (Å²) in [7, 11) is 1.43. The lowest BCUT2D eigenvalue weighted by molar-refractivity contribution is 0.756. The van der Waals surface area contributed by atoms with Gasteiger partial charge in [0.15, 0.2) is 0 Å². The average molecular weight is 272 g/mol. The number of nitrogens with zero attached hydrogens (tertiary/aromatic N) is 3. The predicted molar refractivity (Wildman–Crippen MR) is 79.4 cm³/mol. The third-order valence-electron chi connectivity index (χ3n) is 2.85. The molecule has 1 aromatic carbocycles. The zero-order chi connectivity index (χ0) is 14.5. The molecule has 0 aliphatic rings. The van der Waals surface area contributed by atoms with Gasteiger partial charge in [0.1, 0.15) is 5.82 Å². The number of hydrogen-bond acceptors (Lipinski definition) is 4. The molecule has 0 aliphatic heterocycles. The Labute approximate surface area is 116 Å². The SMILES string of the molecule is CCN(/N=C/c1ccccc1)c1cc(=O)n(C)c(=O)[nH]1. The maximum Gasteiger partial charge on any atom is 0.329 e. The van der Waals surface area contributed by atoms with E-state index in [1.165, 1.54) is 13.1 Å². The highest BCUT2D eigenvalue weighted by atomic mass is 16.2. The summed E-state index contributed by atoms with van der Waals surface area (Å²) >= 11 is 0. The van der Waals surface area contributed by atoms with Gasteiger partial charge in [-0.05, 0) is 12.5 Å². The molecule has 1 heterocycles. The van der Waals surface area contributed by atoms with E-state index >= 15 is 0 Å². The van der Waals surface area contributed by atoms with E-state index in [9.17, 15) is 9.59 Å². The van der Waals surface area contributed by atoms with Crippen molar-refractivity contribution >= 4 is 12.0 Å². The van der Waals surface area contributed by atoms with Gasteiger partial charge in [-0.15, -0.1) is 0 Å². The second-order valence-electron chi connectivity index (χ2n) is 4.23. The number of benzene rings is 1. The first-order chi connectivity index (χ1) is 9.61. The highest BCUT2D eigenvalue weighted by molar-refractivity contribution is 5.80. The second kappa shape index (κ2) is 6.01. The zero-order valence-electron chi connectivity index (χ0n) is 11.4. The first kappa shape index (κ1) is 13.8. The predicted octanol–water partition coefficient (Wildman–Crippen LogP) is 0.934. The summed E-state index contributed by atoms with van der Waals surface area (Å²) in [6.07, 6.45) is 1.68. The van der Waals surface area contributed by atoms with Crippen LogP contribution in [0.3, 0.4) is 0 Å². The third kappa shape index (κ3) is 3.03. The zero-order valence-corrected chi connectivity index (χ0v) is 11.4. The van der Waals surface area contributed by atoms with Gasteiger partial charge < -0.3 is 0 Å². The van der Waals surface area contributed by atoms with Crippen molar-refractivity contribution in [1.29, 1.82) is 0 Å². The smallest absolute Gasteiger partial charge is 0.292 e. The summed E-state index contributed by atoms with van der Waals surface area (Å²) in [6, 6.07) is 10.9. The Morgan fingerprint density at radius 3 is 2.60 bits per heavy atom. The minimum absolute atomic E-state index is 0.364. The van der Waals surface area contributed by atoms with Gasteiger partial charge in [-0.25, -0.2) is 9.80 Å². The molecule has 104 valence electrons. The van der Waals surface area contributed by atoms with Crippen LogP contribution in [0.2, 0.25) is 0 Å². The third-order valence-corrected chi connectivity index (χ3v) is 2.85. The van der Waals surface area contributed by atoms with Gasteiger partial charge in [0.05, 0.1) is 6.21 Å². The van der Waals surface area contributed by atoms with Crippen LogP contribution >= 0.6 is 0 Å². The van der Waals surface area contributed by atoms with E-state index in [1.54, 1.807) is 11.2 Å². The molecule has 0 fully saturated rings. The number of aromatic amines is 1. The number of rotatable bonds is 4. The molecule has 6 heteroatoms. The van der Waals surface area contributed by atoms with Crippen LogP contribution in [0.1, 0.15) is 12.5 Å². The summed E-state index contributed by atoms with van der Waals surface area (Å²) in [5.41, 5.74) is 0.120. The molecule has 0 saturated heterocycles. The normalized spacial score (nSPS) is 10.9. The van der Waals surface area contributed by atoms with E-state index in [0.717, 1.165) is 10.1 Å². The van der Waals surface area contributed by atoms with Crippen LogP contribution in [0, 0.1) is 0 Å². The summed E-state index contributed by atoms with van der Waals surface area (Å²) < 4.78 is 1.01. The van der Waals surface area contributed by atoms with Crippen LogP contribution in [0.25, 0.3) is 0 Å². The molecule has 0 aliphatic carbocycles. The molecule has 1 N–H and O–H groups in total. The molecule has 2 aromatic rings. The fraction of sp³-hybridized carbons (Fsp3) is 0.214. The molecule has 0 saturated carbocycles. The quantitative estimate of drug-likeness (QED) is 0.665. The van der Waals surface area contributed by atoms with Crippen LogP contribution in [-0.4, -0.2) is 22.3 Å². The molecule has 0 radical (unpaired) electrons. The standard InChI is InChI=1S/C14H16N4O2/c1-3-18(15-10-11-7-5-4-6-8-11)12-9-13(19)17(2)14(20)16-12/h4-10H,3H2,1-2H3,(H,16,20)/b15-10+. The molecule has 0 bridgehead atoms. The Balaban J connectivity index is 2.32. The van der Waals surface area contributed by atoms with Crippen LogP contribution < -0.4 is 16.3 Å². The minimum Gasteiger partial charge on any atom is -0.292 e. The van der Waals surface area contributed by atoms with Crippen molar-refractivity contribution in [3.05, 3.63) is 62.8 Å². The van der Waals surface area contributed by atoms with Crippen LogP contribution in [0.5, 0.6) is 0 Å². The van der Waals surface area contributed by atoms with Crippen LogP contribution in [-0.2, 0) is 7.05 Å². The van der Waals surface area contributed by atoms with E-state index in [-0.39, 0.29) is 5.56 Å². The Morgan fingerprint density at radius 1 is 1.30 bits per heavy atom. The van der Waals surface area contributed by atoms with E-state index in [4.69, 9.17) is 0 Å². The molecule has 0 unspecified atom stereocenters. The maximum atomic E-state index is 11.6. The van der Waals surface area contributed by atoms with Gasteiger partial charge in [0, 0.05) is 19.7 Å². The molecule has 2 rings (SSSR count). The van der Waals surface area contributed by atoms with Crippen molar-refractivity contribution in [3.8, 4) is 0 Å². The number of H-pyrrole nitrogens is 1. The lowest BCUT2D eigenvalue weighted by Gasteiger charge is -2.16. The minimum atomic E-state index is -0.458. The molecule has 0 amide bonds. The molecule has 0 atom stereocenters. The summed E-state index contributed by atoms with van der Waals surface area (Å²) in [5, 5.41) is 5.85. The second-order valence-corrected chi connectivity index (χ2v) is 4.23. The van der Waals surface area contributed by atoms with Crippen molar-refractivity contribution in [2.24, 2.45) is 12.1 Å². The highest BCUT2D eigenvalue weighted by Gasteiger charge is 2.06. The Hall–Kier alpha value is -2.63. The fourth-order valence-corrected chi connectivity index (χ4v) is 1.67. The van der Waals surface area contributed by atoms with Gasteiger partial charge in [-0.1, -0.05) is 30.3 Å². The molecule has 0 spiro atoms. The molecule has 6 nitrogen and oxygen atoms in total. The van der Waals surface area contributed by atoms with Crippen molar-refractivity contribution in [2.75, 3.05) is 11.6 Å². The van der Waals surface area contributed by atoms with Gasteiger partial charge in [-0.2, -0.15) is 5.10 Å². The lowest BCUT2D eigenvalue weighted by Crippen LogP contribution is -2.34. The fourth-order valence-electron chi connectivity index (χ4n) is 1.67. The number of hydrazone groups is 1. The molecule has 20 heavy (non-hydrogen) atoms. The Morgan fingerprint density at radius 2 is 2.00 bits per heavy atom. The van der Waals surface area contributed by atoms with Crippen molar-refractivity contribution in [2.45, 2.75) is 6.92 Å². The summed E-state index contributed by atoms with van der Waals surface area (Å²) in [6.45, 7) is 2.42. The maximum absolute atomic E-state index is 11.6. The first-order valence-corrected chi connectivity index (χ1v) is 6.28. The average Bonchev–Trinajstić information content (AvgIpc) is 2.46. The number of hydrogen-bond donors (Lipinski definition) is 1. The monoisotopic (exact) mass is 272 g/mol. The van der Waals surface area contributed by atoms with E-state index in [0.29, 0.717) is 12.4 Å². The topological polar surface area (TPSA) is 70.5 Å². The highest BCUT2D eigenvalue weighted by Crippen LogP contribution is 2.05. The van der Waals surface area contributed by atoms with Gasteiger partial charge in [0.2, 0.25) is 0 Å². The first-order valence-electron chi connectivity index (χ1n) is 6.28. The van der Waals surface area contributed by atoms with Crippen molar-refractivity contribution in [3.63, 3.8) is 0 Å². The van der Waals surface area contributed by atoms with Crippen LogP contribution in [0.15, 0.2) is 51.1 Å². The van der Waals surface area contributed by atoms with E-state index in [1.807, 2.05) is 37.3 Å². The molecule has 1 aromatic heterocycles. The van der Waals surface area contributed by atoms with Gasteiger partial charge >= 0.3 is 5.69 Å². The summed E-state index contributed by atoms with van der Waals surface area (Å²) in [5.74, 6) is 0.382. The van der Waals surface area contributed by atoms with Gasteiger partial charge in [-0.3, -0.25) is 14.3 Å². The number of anilines is 1. The lowest BCUT2D eigenvalue weighted by atomic mass is 10.2. The largest absolute Gasteiger partial charge is 0.329 e. The number of nitrogens with one attached hydrogen (secondary N) is 1. The summed E-state index contributed by atoms with van der Waals surface area (Å²) in [4.78, 5) is 25.8. The van der Waals surface area contributed by atoms with Crippen molar-refractivity contribution < 1.29 is 0 Å². The van der Waals surface area contributed by atoms with E-state index < -0.39 is 5.69 Å². The van der Waals surface area contributed by atoms with Gasteiger partial charge in [0.25, 0.3) is 5.56 Å². The number of aromatic nitrogens is 2. The van der Waals surface area contributed by atoms with E-state index in [2.05, 4.69) is 10.1 Å². The molecular weight excluding hydrogens is 256 g/mol.